The summed E-state index contributed by atoms with van der Waals surface area (Å²) >= 11 is 0. The third-order valence-corrected chi connectivity index (χ3v) is 7.48. The highest BCUT2D eigenvalue weighted by Crippen LogP contribution is 2.29. The zero-order valence-electron chi connectivity index (χ0n) is 23.9. The third-order valence-electron chi connectivity index (χ3n) is 7.48. The minimum absolute atomic E-state index is 0.00810. The predicted molar refractivity (Wildman–Crippen MR) is 155 cm³/mol. The molecule has 216 valence electrons. The SMILES string of the molecule is CC/C(=N\OCCN1CCN(c2ccccc2OC(C)C)CC1)C(=O)N1CCC(C(=O)c2ccc(F)cc2)CC1. The van der Waals surface area contributed by atoms with Gasteiger partial charge in [0.15, 0.2) is 5.78 Å². The largest absolute Gasteiger partial charge is 0.489 e. The summed E-state index contributed by atoms with van der Waals surface area (Å²) in [5.74, 6) is 0.274. The summed E-state index contributed by atoms with van der Waals surface area (Å²) in [4.78, 5) is 37.8. The molecule has 0 unspecified atom stereocenters. The number of carbonyl (C=O) groups is 2. The number of carbonyl (C=O) groups excluding carboxylic acids is 2. The van der Waals surface area contributed by atoms with Gasteiger partial charge in [-0.25, -0.2) is 4.39 Å². The molecule has 0 aliphatic carbocycles. The number of likely N-dealkylation sites (tertiary alicyclic amines) is 1. The summed E-state index contributed by atoms with van der Waals surface area (Å²) in [6.45, 7) is 11.7. The summed E-state index contributed by atoms with van der Waals surface area (Å²) in [5, 5.41) is 4.18. The van der Waals surface area contributed by atoms with Gasteiger partial charge in [-0.2, -0.15) is 0 Å². The molecule has 40 heavy (non-hydrogen) atoms. The number of piperazine rings is 1. The minimum atomic E-state index is -0.359. The summed E-state index contributed by atoms with van der Waals surface area (Å²) < 4.78 is 19.2. The number of nitrogens with zero attached hydrogens (tertiary/aromatic N) is 4. The Labute approximate surface area is 236 Å². The summed E-state index contributed by atoms with van der Waals surface area (Å²) in [5.41, 5.74) is 2.04. The Morgan fingerprint density at radius 3 is 2.30 bits per heavy atom. The zero-order valence-corrected chi connectivity index (χ0v) is 23.9. The lowest BCUT2D eigenvalue weighted by Gasteiger charge is -2.36. The van der Waals surface area contributed by atoms with Gasteiger partial charge in [-0.15, -0.1) is 0 Å². The van der Waals surface area contributed by atoms with Crippen LogP contribution in [0, 0.1) is 11.7 Å². The molecule has 0 saturated carbocycles. The number of Topliss-reactive ketones (excluding diaryl/α,β-unsaturated/α-hetero) is 1. The van der Waals surface area contributed by atoms with E-state index < -0.39 is 0 Å². The number of hydrogen-bond donors (Lipinski definition) is 0. The van der Waals surface area contributed by atoms with Gasteiger partial charge in [-0.1, -0.05) is 24.2 Å². The number of benzene rings is 2. The fourth-order valence-corrected chi connectivity index (χ4v) is 5.21. The van der Waals surface area contributed by atoms with Crippen molar-refractivity contribution in [1.29, 1.82) is 0 Å². The number of anilines is 1. The summed E-state index contributed by atoms with van der Waals surface area (Å²) in [7, 11) is 0. The van der Waals surface area contributed by atoms with Crippen LogP contribution in [0.1, 0.15) is 50.4 Å². The van der Waals surface area contributed by atoms with Crippen LogP contribution < -0.4 is 9.64 Å². The maximum absolute atomic E-state index is 13.2. The van der Waals surface area contributed by atoms with E-state index in [1.807, 2.05) is 39.0 Å². The minimum Gasteiger partial charge on any atom is -0.489 e. The van der Waals surface area contributed by atoms with Crippen molar-refractivity contribution in [3.05, 3.63) is 59.9 Å². The lowest BCUT2D eigenvalue weighted by Crippen LogP contribution is -2.47. The highest BCUT2D eigenvalue weighted by Gasteiger charge is 2.29. The number of ether oxygens (including phenoxy) is 1. The second kappa shape index (κ2) is 14.3. The van der Waals surface area contributed by atoms with Crippen molar-refractivity contribution in [1.82, 2.24) is 9.80 Å². The van der Waals surface area contributed by atoms with Gasteiger partial charge < -0.3 is 19.4 Å². The number of amides is 1. The lowest BCUT2D eigenvalue weighted by atomic mass is 9.88. The molecule has 8 nitrogen and oxygen atoms in total. The van der Waals surface area contributed by atoms with E-state index in [1.54, 1.807) is 4.90 Å². The number of hydrogen-bond acceptors (Lipinski definition) is 7. The Kier molecular flexibility index (Phi) is 10.5. The molecule has 0 atom stereocenters. The van der Waals surface area contributed by atoms with Crippen molar-refractivity contribution < 1.29 is 23.6 Å². The molecule has 0 spiro atoms. The van der Waals surface area contributed by atoms with Crippen LogP contribution in [0.5, 0.6) is 5.75 Å². The highest BCUT2D eigenvalue weighted by molar-refractivity contribution is 6.38. The number of oxime groups is 1. The van der Waals surface area contributed by atoms with Crippen molar-refractivity contribution in [2.45, 2.75) is 46.1 Å². The van der Waals surface area contributed by atoms with Crippen molar-refractivity contribution in [2.75, 3.05) is 57.3 Å². The number of ketones is 1. The Morgan fingerprint density at radius 2 is 1.65 bits per heavy atom. The molecule has 2 aliphatic heterocycles. The zero-order chi connectivity index (χ0) is 28.5. The molecule has 2 aromatic rings. The Balaban J connectivity index is 1.19. The maximum atomic E-state index is 13.2. The number of para-hydroxylation sites is 2. The molecule has 2 fully saturated rings. The smallest absolute Gasteiger partial charge is 0.271 e. The van der Waals surface area contributed by atoms with Gasteiger partial charge in [0.25, 0.3) is 5.91 Å². The Morgan fingerprint density at radius 1 is 0.975 bits per heavy atom. The molecular formula is C31H41FN4O4. The third kappa shape index (κ3) is 7.81. The molecule has 9 heteroatoms. The van der Waals surface area contributed by atoms with Crippen LogP contribution in [-0.4, -0.2) is 85.7 Å². The fraction of sp³-hybridized carbons (Fsp3) is 0.516. The molecule has 0 bridgehead atoms. The van der Waals surface area contributed by atoms with Crippen LogP contribution in [0.3, 0.4) is 0 Å². The average molecular weight is 553 g/mol. The van der Waals surface area contributed by atoms with Gasteiger partial charge in [-0.05, 0) is 69.5 Å². The van der Waals surface area contributed by atoms with E-state index in [4.69, 9.17) is 9.57 Å². The molecule has 2 saturated heterocycles. The van der Waals surface area contributed by atoms with E-state index in [-0.39, 0.29) is 29.5 Å². The molecule has 0 aromatic heterocycles. The van der Waals surface area contributed by atoms with E-state index in [0.717, 1.165) is 44.2 Å². The van der Waals surface area contributed by atoms with Gasteiger partial charge in [-0.3, -0.25) is 14.5 Å². The van der Waals surface area contributed by atoms with E-state index >= 15 is 0 Å². The summed E-state index contributed by atoms with van der Waals surface area (Å²) in [6, 6.07) is 13.8. The normalized spacial score (nSPS) is 17.3. The van der Waals surface area contributed by atoms with Crippen LogP contribution >= 0.6 is 0 Å². The first-order chi connectivity index (χ1) is 19.4. The van der Waals surface area contributed by atoms with Crippen LogP contribution in [0.2, 0.25) is 0 Å². The molecule has 0 radical (unpaired) electrons. The van der Waals surface area contributed by atoms with Gasteiger partial charge in [0.05, 0.1) is 11.8 Å². The van der Waals surface area contributed by atoms with Crippen LogP contribution in [0.25, 0.3) is 0 Å². The van der Waals surface area contributed by atoms with Gasteiger partial charge in [0, 0.05) is 57.3 Å². The lowest BCUT2D eigenvalue weighted by molar-refractivity contribution is -0.125. The molecular weight excluding hydrogens is 511 g/mol. The quantitative estimate of drug-likeness (QED) is 0.175. The Hall–Kier alpha value is -3.46. The van der Waals surface area contributed by atoms with Crippen LogP contribution in [-0.2, 0) is 9.63 Å². The first kappa shape index (κ1) is 29.5. The highest BCUT2D eigenvalue weighted by atomic mass is 19.1. The average Bonchev–Trinajstić information content (AvgIpc) is 2.97. The van der Waals surface area contributed by atoms with E-state index in [1.165, 1.54) is 24.3 Å². The van der Waals surface area contributed by atoms with Crippen LogP contribution in [0.4, 0.5) is 10.1 Å². The maximum Gasteiger partial charge on any atom is 0.271 e. The van der Waals surface area contributed by atoms with Gasteiger partial charge in [0.1, 0.15) is 23.9 Å². The standard InChI is InChI=1S/C31H41FN4O4/c1-4-27(31(38)36-15-13-25(14-16-36)30(37)24-9-11-26(32)12-10-24)33-39-22-21-34-17-19-35(20-18-34)28-7-5-6-8-29(28)40-23(2)3/h5-12,23,25H,4,13-22H2,1-3H3/b33-27+. The van der Waals surface area contributed by atoms with Crippen LogP contribution in [0.15, 0.2) is 53.7 Å². The topological polar surface area (TPSA) is 74.7 Å². The van der Waals surface area contributed by atoms with Gasteiger partial charge in [0.2, 0.25) is 0 Å². The molecule has 1 amide bonds. The van der Waals surface area contributed by atoms with Gasteiger partial charge >= 0.3 is 0 Å². The molecule has 2 aliphatic rings. The Bertz CT molecular complexity index is 1150. The fourth-order valence-electron chi connectivity index (χ4n) is 5.21. The number of piperidine rings is 1. The second-order valence-electron chi connectivity index (χ2n) is 10.6. The van der Waals surface area contributed by atoms with Crippen molar-refractivity contribution in [3.8, 4) is 5.75 Å². The van der Waals surface area contributed by atoms with Crippen molar-refractivity contribution in [2.24, 2.45) is 11.1 Å². The number of halogens is 1. The molecule has 2 heterocycles. The monoisotopic (exact) mass is 552 g/mol. The molecule has 0 N–H and O–H groups in total. The van der Waals surface area contributed by atoms with E-state index in [0.29, 0.717) is 50.2 Å². The second-order valence-corrected chi connectivity index (χ2v) is 10.6. The van der Waals surface area contributed by atoms with E-state index in [9.17, 15) is 14.0 Å². The van der Waals surface area contributed by atoms with Crippen molar-refractivity contribution >= 4 is 23.1 Å². The number of rotatable bonds is 11. The summed E-state index contributed by atoms with van der Waals surface area (Å²) in [6.07, 6.45) is 1.77. The van der Waals surface area contributed by atoms with Crippen molar-refractivity contribution in [3.63, 3.8) is 0 Å². The molecule has 4 rings (SSSR count). The van der Waals surface area contributed by atoms with E-state index in [2.05, 4.69) is 21.0 Å². The first-order valence-corrected chi connectivity index (χ1v) is 14.4. The molecule has 2 aromatic carbocycles. The first-order valence-electron chi connectivity index (χ1n) is 14.4. The predicted octanol–water partition coefficient (Wildman–Crippen LogP) is 4.64.